The summed E-state index contributed by atoms with van der Waals surface area (Å²) in [5.74, 6) is -0.181. The van der Waals surface area contributed by atoms with E-state index in [9.17, 15) is 14.9 Å². The summed E-state index contributed by atoms with van der Waals surface area (Å²) >= 11 is 5.69. The van der Waals surface area contributed by atoms with Crippen molar-refractivity contribution in [2.24, 2.45) is 0 Å². The van der Waals surface area contributed by atoms with Gasteiger partial charge in [0, 0.05) is 0 Å². The second-order valence-corrected chi connectivity index (χ2v) is 9.20. The second-order valence-electron chi connectivity index (χ2n) is 6.71. The number of hydrogen-bond donors (Lipinski definition) is 0. The number of halogens is 1. The van der Waals surface area contributed by atoms with E-state index < -0.39 is 4.92 Å². The third kappa shape index (κ3) is 4.44. The SMILES string of the molecule is CN(c1ccccc1)c1nc(-c2ccc(Cl)cc2)c(C(=O)c2ccc([N+](=O)[O-])cc2)[se]1. The Hall–Kier alpha value is -3.25. The Morgan fingerprint density at radius 2 is 1.65 bits per heavy atom. The van der Waals surface area contributed by atoms with Crippen molar-refractivity contribution >= 4 is 48.0 Å². The third-order valence-corrected chi connectivity index (χ3v) is 7.33. The monoisotopic (exact) mass is 497 g/mol. The fraction of sp³-hybridized carbons (Fsp3) is 0.0435. The number of aromatic nitrogens is 1. The molecule has 0 unspecified atom stereocenters. The van der Waals surface area contributed by atoms with Crippen LogP contribution in [0.4, 0.5) is 16.1 Å². The quantitative estimate of drug-likeness (QED) is 0.155. The van der Waals surface area contributed by atoms with Gasteiger partial charge in [0.05, 0.1) is 0 Å². The number of rotatable bonds is 6. The molecule has 0 spiro atoms. The molecule has 0 atom stereocenters. The standard InChI is InChI=1S/C23H16ClN3O3Se/c1-26(18-5-3-2-4-6-18)23-25-20(15-7-11-17(24)12-8-15)22(31-23)21(28)16-9-13-19(14-10-16)27(29)30/h2-14H,1H3. The van der Waals surface area contributed by atoms with Gasteiger partial charge >= 0.3 is 190 Å². The van der Waals surface area contributed by atoms with Crippen molar-refractivity contribution in [3.8, 4) is 11.3 Å². The summed E-state index contributed by atoms with van der Waals surface area (Å²) in [6.45, 7) is 0. The normalized spacial score (nSPS) is 10.6. The van der Waals surface area contributed by atoms with Crippen molar-refractivity contribution in [3.63, 3.8) is 0 Å². The molecule has 0 amide bonds. The molecule has 0 N–H and O–H groups in total. The maximum atomic E-state index is 13.4. The van der Waals surface area contributed by atoms with Gasteiger partial charge in [0.25, 0.3) is 0 Å². The first-order chi connectivity index (χ1) is 14.9. The molecule has 0 saturated heterocycles. The summed E-state index contributed by atoms with van der Waals surface area (Å²) in [5.41, 5.74) is 2.72. The molecule has 154 valence electrons. The first-order valence-corrected chi connectivity index (χ1v) is 11.4. The number of ketones is 1. The van der Waals surface area contributed by atoms with Crippen LogP contribution in [-0.2, 0) is 0 Å². The molecule has 4 rings (SSSR count). The van der Waals surface area contributed by atoms with E-state index in [-0.39, 0.29) is 26.0 Å². The van der Waals surface area contributed by atoms with Crippen LogP contribution in [-0.4, -0.2) is 37.2 Å². The van der Waals surface area contributed by atoms with Gasteiger partial charge in [-0.3, -0.25) is 0 Å². The van der Waals surface area contributed by atoms with Gasteiger partial charge in [-0.1, -0.05) is 0 Å². The van der Waals surface area contributed by atoms with E-state index in [4.69, 9.17) is 16.6 Å². The summed E-state index contributed by atoms with van der Waals surface area (Å²) < 4.78 is 1.40. The number of carbonyl (C=O) groups is 1. The number of para-hydroxylation sites is 1. The fourth-order valence-electron chi connectivity index (χ4n) is 3.04. The van der Waals surface area contributed by atoms with E-state index in [1.54, 1.807) is 12.1 Å². The molecule has 1 aromatic heterocycles. The molecule has 0 aliphatic heterocycles. The van der Waals surface area contributed by atoms with Gasteiger partial charge in [-0.25, -0.2) is 0 Å². The molecule has 1 heterocycles. The number of benzene rings is 3. The number of hydrogen-bond acceptors (Lipinski definition) is 5. The number of anilines is 2. The molecule has 0 radical (unpaired) electrons. The van der Waals surface area contributed by atoms with Crippen molar-refractivity contribution in [2.45, 2.75) is 0 Å². The van der Waals surface area contributed by atoms with Gasteiger partial charge < -0.3 is 0 Å². The zero-order valence-corrected chi connectivity index (χ0v) is 18.8. The Kier molecular flexibility index (Phi) is 6.00. The van der Waals surface area contributed by atoms with Crippen molar-refractivity contribution in [2.75, 3.05) is 11.9 Å². The minimum atomic E-state index is -0.484. The average molecular weight is 497 g/mol. The van der Waals surface area contributed by atoms with E-state index >= 15 is 0 Å². The Morgan fingerprint density at radius 3 is 2.26 bits per heavy atom. The van der Waals surface area contributed by atoms with E-state index in [2.05, 4.69) is 0 Å². The van der Waals surface area contributed by atoms with Gasteiger partial charge in [-0.15, -0.1) is 0 Å². The molecule has 4 aromatic rings. The zero-order valence-electron chi connectivity index (χ0n) is 16.4. The molecule has 0 fully saturated rings. The van der Waals surface area contributed by atoms with Crippen molar-refractivity contribution < 1.29 is 9.72 Å². The molecule has 31 heavy (non-hydrogen) atoms. The first-order valence-electron chi connectivity index (χ1n) is 9.29. The Labute approximate surface area is 189 Å². The molecule has 3 aromatic carbocycles. The molecule has 0 aliphatic carbocycles. The molecule has 0 aliphatic rings. The summed E-state index contributed by atoms with van der Waals surface area (Å²) in [4.78, 5) is 30.6. The van der Waals surface area contributed by atoms with Gasteiger partial charge in [-0.05, 0) is 0 Å². The summed E-state index contributed by atoms with van der Waals surface area (Å²) in [7, 11) is 1.93. The number of nitro groups is 1. The van der Waals surface area contributed by atoms with Crippen LogP contribution in [0, 0.1) is 10.1 Å². The Balaban J connectivity index is 1.79. The average Bonchev–Trinajstić information content (AvgIpc) is 3.24. The summed E-state index contributed by atoms with van der Waals surface area (Å²) in [5, 5.41) is 11.5. The van der Waals surface area contributed by atoms with Crippen LogP contribution in [0.25, 0.3) is 11.3 Å². The second kappa shape index (κ2) is 8.86. The van der Waals surface area contributed by atoms with Gasteiger partial charge in [0.2, 0.25) is 0 Å². The predicted octanol–water partition coefficient (Wildman–Crippen LogP) is 5.37. The van der Waals surface area contributed by atoms with Crippen LogP contribution in [0.5, 0.6) is 0 Å². The molecular formula is C23H16ClN3O3Se. The van der Waals surface area contributed by atoms with Crippen LogP contribution in [0.1, 0.15) is 14.8 Å². The topological polar surface area (TPSA) is 76.3 Å². The minimum absolute atomic E-state index is 0.0545. The third-order valence-electron chi connectivity index (χ3n) is 4.71. The van der Waals surface area contributed by atoms with E-state index in [0.29, 0.717) is 20.7 Å². The van der Waals surface area contributed by atoms with Gasteiger partial charge in [0.15, 0.2) is 0 Å². The maximum absolute atomic E-state index is 13.4. The van der Waals surface area contributed by atoms with Crippen LogP contribution >= 0.6 is 11.6 Å². The summed E-state index contributed by atoms with van der Waals surface area (Å²) in [6, 6.07) is 22.7. The fourth-order valence-corrected chi connectivity index (χ4v) is 5.33. The summed E-state index contributed by atoms with van der Waals surface area (Å²) in [6.07, 6.45) is 0. The van der Waals surface area contributed by atoms with Crippen molar-refractivity contribution in [3.05, 3.63) is 104 Å². The van der Waals surface area contributed by atoms with E-state index in [1.807, 2.05) is 54.4 Å². The molecule has 0 saturated carbocycles. The van der Waals surface area contributed by atoms with Crippen LogP contribution in [0.3, 0.4) is 0 Å². The van der Waals surface area contributed by atoms with Crippen LogP contribution in [0.15, 0.2) is 78.9 Å². The molecule has 8 heteroatoms. The zero-order chi connectivity index (χ0) is 22.0. The molecular weight excluding hydrogens is 481 g/mol. The molecule has 6 nitrogen and oxygen atoms in total. The Morgan fingerprint density at radius 1 is 1.00 bits per heavy atom. The molecule has 0 bridgehead atoms. The predicted molar refractivity (Wildman–Crippen MR) is 123 cm³/mol. The van der Waals surface area contributed by atoms with Gasteiger partial charge in [-0.2, -0.15) is 0 Å². The first kappa shape index (κ1) is 21.0. The Bertz CT molecular complexity index is 1240. The number of nitro benzene ring substituents is 1. The van der Waals surface area contributed by atoms with Crippen molar-refractivity contribution in [1.29, 1.82) is 0 Å². The van der Waals surface area contributed by atoms with Gasteiger partial charge in [0.1, 0.15) is 0 Å². The van der Waals surface area contributed by atoms with Crippen LogP contribution < -0.4 is 4.90 Å². The van der Waals surface area contributed by atoms with Crippen molar-refractivity contribution in [1.82, 2.24) is 4.98 Å². The van der Waals surface area contributed by atoms with E-state index in [1.165, 1.54) is 24.3 Å². The number of nitrogens with zero attached hydrogens (tertiary/aromatic N) is 3. The van der Waals surface area contributed by atoms with E-state index in [0.717, 1.165) is 15.9 Å². The number of non-ortho nitro benzene ring substituents is 1. The van der Waals surface area contributed by atoms with Crippen LogP contribution in [0.2, 0.25) is 5.02 Å². The number of carbonyl (C=O) groups excluding carboxylic acids is 1.